The molecule has 1 fully saturated rings. The Kier molecular flexibility index (Phi) is 4.39. The summed E-state index contributed by atoms with van der Waals surface area (Å²) in [6.07, 6.45) is 0.951. The molecule has 0 unspecified atom stereocenters. The lowest BCUT2D eigenvalue weighted by Crippen LogP contribution is -2.24. The number of rotatable bonds is 0. The lowest BCUT2D eigenvalue weighted by atomic mass is 9.95. The van der Waals surface area contributed by atoms with Crippen molar-refractivity contribution < 1.29 is 8.78 Å². The number of hydrogen-bond donors (Lipinski definition) is 1. The molecule has 3 N–H and O–H groups in total. The van der Waals surface area contributed by atoms with Crippen molar-refractivity contribution in [1.82, 2.24) is 6.15 Å². The minimum atomic E-state index is -2.28. The van der Waals surface area contributed by atoms with Crippen LogP contribution < -0.4 is 6.15 Å². The Hall–Kier alpha value is 0.110. The van der Waals surface area contributed by atoms with Crippen molar-refractivity contribution in [2.24, 2.45) is 0 Å². The molecule has 52 valence electrons. The Morgan fingerprint density at radius 2 is 1.38 bits per heavy atom. The van der Waals surface area contributed by atoms with Crippen LogP contribution in [0.25, 0.3) is 0 Å². The molecule has 0 radical (unpaired) electrons. The van der Waals surface area contributed by atoms with Crippen molar-refractivity contribution in [3.8, 4) is 0 Å². The molecule has 1 aliphatic carbocycles. The van der Waals surface area contributed by atoms with Gasteiger partial charge in [0.15, 0.2) is 0 Å². The fourth-order valence-corrected chi connectivity index (χ4v) is 0.444. The predicted octanol–water partition coefficient (Wildman–Crippen LogP) is 2.39. The normalized spacial score (nSPS) is 21.8. The van der Waals surface area contributed by atoms with Gasteiger partial charge in [-0.05, 0) is 6.42 Å². The quantitative estimate of drug-likeness (QED) is 0.558. The van der Waals surface area contributed by atoms with Crippen LogP contribution in [0, 0.1) is 0 Å². The standard InChI is InChI=1S/C4H6F2.ClH.H3N/c5-4(6)2-1-3-4;;/h1-3H2;1H;1H3. The Morgan fingerprint density at radius 3 is 1.38 bits per heavy atom. The van der Waals surface area contributed by atoms with Crippen molar-refractivity contribution in [3.63, 3.8) is 0 Å². The molecule has 0 aliphatic heterocycles. The number of alkyl halides is 2. The second-order valence-corrected chi connectivity index (χ2v) is 1.71. The molecule has 0 amide bonds. The van der Waals surface area contributed by atoms with Gasteiger partial charge in [-0.25, -0.2) is 8.78 Å². The molecular formula is C4H10ClF2N. The monoisotopic (exact) mass is 145 g/mol. The van der Waals surface area contributed by atoms with Gasteiger partial charge >= 0.3 is 0 Å². The molecule has 0 atom stereocenters. The molecule has 1 nitrogen and oxygen atoms in total. The van der Waals surface area contributed by atoms with Gasteiger partial charge in [-0.15, -0.1) is 12.4 Å². The third kappa shape index (κ3) is 2.43. The SMILES string of the molecule is Cl.FC1(F)CCC1.N. The summed E-state index contributed by atoms with van der Waals surface area (Å²) < 4.78 is 23.1. The Morgan fingerprint density at radius 1 is 1.12 bits per heavy atom. The summed E-state index contributed by atoms with van der Waals surface area (Å²) in [7, 11) is 0. The Bertz CT molecular complexity index is 61.1. The largest absolute Gasteiger partial charge is 0.344 e. The fourth-order valence-electron chi connectivity index (χ4n) is 0.444. The predicted molar refractivity (Wildman–Crippen MR) is 31.1 cm³/mol. The highest BCUT2D eigenvalue weighted by atomic mass is 35.5. The van der Waals surface area contributed by atoms with Gasteiger partial charge in [0, 0.05) is 12.8 Å². The first-order valence-electron chi connectivity index (χ1n) is 2.09. The van der Waals surface area contributed by atoms with Gasteiger partial charge < -0.3 is 6.15 Å². The van der Waals surface area contributed by atoms with Crippen LogP contribution in [-0.2, 0) is 0 Å². The zero-order chi connectivity index (χ0) is 4.62. The Balaban J connectivity index is 0. The smallest absolute Gasteiger partial charge is 0.248 e. The Labute approximate surface area is 53.4 Å². The van der Waals surface area contributed by atoms with E-state index < -0.39 is 5.92 Å². The molecule has 0 aromatic carbocycles. The van der Waals surface area contributed by atoms with Gasteiger partial charge in [0.1, 0.15) is 0 Å². The topological polar surface area (TPSA) is 35.0 Å². The first-order valence-corrected chi connectivity index (χ1v) is 2.09. The lowest BCUT2D eigenvalue weighted by Gasteiger charge is -2.23. The minimum Gasteiger partial charge on any atom is -0.344 e. The first kappa shape index (κ1) is 11.0. The van der Waals surface area contributed by atoms with E-state index in [0.717, 1.165) is 0 Å². The molecule has 0 aromatic heterocycles. The number of halogens is 3. The summed E-state index contributed by atoms with van der Waals surface area (Å²) in [5.41, 5.74) is 0. The van der Waals surface area contributed by atoms with E-state index in [4.69, 9.17) is 0 Å². The van der Waals surface area contributed by atoms with Gasteiger partial charge in [-0.3, -0.25) is 0 Å². The van der Waals surface area contributed by atoms with E-state index in [1.165, 1.54) is 0 Å². The zero-order valence-corrected chi connectivity index (χ0v) is 5.31. The van der Waals surface area contributed by atoms with E-state index in [1.807, 2.05) is 0 Å². The highest BCUT2D eigenvalue weighted by Gasteiger charge is 2.36. The molecule has 0 saturated heterocycles. The maximum Gasteiger partial charge on any atom is 0.248 e. The van der Waals surface area contributed by atoms with Gasteiger partial charge in [-0.1, -0.05) is 0 Å². The average Bonchev–Trinajstić information content (AvgIpc) is 1.32. The number of hydrogen-bond acceptors (Lipinski definition) is 1. The van der Waals surface area contributed by atoms with E-state index in [1.54, 1.807) is 0 Å². The van der Waals surface area contributed by atoms with E-state index >= 15 is 0 Å². The molecule has 1 rings (SSSR count). The minimum absolute atomic E-state index is 0. The van der Waals surface area contributed by atoms with Crippen molar-refractivity contribution in [2.45, 2.75) is 25.2 Å². The molecule has 0 aromatic rings. The summed E-state index contributed by atoms with van der Waals surface area (Å²) >= 11 is 0. The van der Waals surface area contributed by atoms with Crippen LogP contribution in [0.15, 0.2) is 0 Å². The molecule has 0 spiro atoms. The van der Waals surface area contributed by atoms with Crippen molar-refractivity contribution in [1.29, 1.82) is 0 Å². The summed E-state index contributed by atoms with van der Waals surface area (Å²) in [5.74, 6) is -2.28. The molecule has 0 heterocycles. The van der Waals surface area contributed by atoms with Crippen LogP contribution in [0.5, 0.6) is 0 Å². The van der Waals surface area contributed by atoms with Crippen molar-refractivity contribution in [3.05, 3.63) is 0 Å². The van der Waals surface area contributed by atoms with Crippen LogP contribution in [0.1, 0.15) is 19.3 Å². The third-order valence-electron chi connectivity index (χ3n) is 1.09. The molecule has 1 aliphatic rings. The third-order valence-corrected chi connectivity index (χ3v) is 1.09. The van der Waals surface area contributed by atoms with Gasteiger partial charge in [0.2, 0.25) is 5.92 Å². The second kappa shape index (κ2) is 3.20. The molecule has 4 heteroatoms. The van der Waals surface area contributed by atoms with E-state index in [2.05, 4.69) is 0 Å². The summed E-state index contributed by atoms with van der Waals surface area (Å²) in [4.78, 5) is 0. The molecule has 8 heavy (non-hydrogen) atoms. The van der Waals surface area contributed by atoms with Gasteiger partial charge in [0.05, 0.1) is 0 Å². The van der Waals surface area contributed by atoms with E-state index in [9.17, 15) is 8.78 Å². The van der Waals surface area contributed by atoms with E-state index in [0.29, 0.717) is 6.42 Å². The van der Waals surface area contributed by atoms with E-state index in [-0.39, 0.29) is 31.4 Å². The molecule has 1 saturated carbocycles. The summed E-state index contributed by atoms with van der Waals surface area (Å²) in [5, 5.41) is 0. The maximum atomic E-state index is 11.5. The highest BCUT2D eigenvalue weighted by Crippen LogP contribution is 2.36. The first-order chi connectivity index (χ1) is 2.71. The fraction of sp³-hybridized carbons (Fsp3) is 1.00. The van der Waals surface area contributed by atoms with Crippen molar-refractivity contribution in [2.75, 3.05) is 0 Å². The van der Waals surface area contributed by atoms with Crippen LogP contribution in [-0.4, -0.2) is 5.92 Å². The second-order valence-electron chi connectivity index (χ2n) is 1.71. The average molecular weight is 146 g/mol. The summed E-state index contributed by atoms with van der Waals surface area (Å²) in [6.45, 7) is 0. The van der Waals surface area contributed by atoms with Crippen LogP contribution in [0.2, 0.25) is 0 Å². The van der Waals surface area contributed by atoms with Crippen LogP contribution >= 0.6 is 12.4 Å². The van der Waals surface area contributed by atoms with Gasteiger partial charge in [-0.2, -0.15) is 0 Å². The van der Waals surface area contributed by atoms with Crippen LogP contribution in [0.3, 0.4) is 0 Å². The molecule has 0 bridgehead atoms. The van der Waals surface area contributed by atoms with Crippen molar-refractivity contribution >= 4 is 12.4 Å². The van der Waals surface area contributed by atoms with Crippen LogP contribution in [0.4, 0.5) is 8.78 Å². The maximum absolute atomic E-state index is 11.5. The van der Waals surface area contributed by atoms with Gasteiger partial charge in [0.25, 0.3) is 0 Å². The summed E-state index contributed by atoms with van der Waals surface area (Å²) in [6, 6.07) is 0. The highest BCUT2D eigenvalue weighted by molar-refractivity contribution is 5.85. The lowest BCUT2D eigenvalue weighted by molar-refractivity contribution is -0.0716. The molecular weight excluding hydrogens is 136 g/mol. The zero-order valence-electron chi connectivity index (χ0n) is 4.49.